The first kappa shape index (κ1) is 16.9. The summed E-state index contributed by atoms with van der Waals surface area (Å²) in [6, 6.07) is 12.5. The fourth-order valence-electron chi connectivity index (χ4n) is 2.98. The summed E-state index contributed by atoms with van der Waals surface area (Å²) in [6.07, 6.45) is 5.87. The maximum Gasteiger partial charge on any atom is 0.191 e. The number of aliphatic imine (C=N–C) groups is 1. The smallest absolute Gasteiger partial charge is 0.191 e. The topological polar surface area (TPSA) is 62.5 Å². The van der Waals surface area contributed by atoms with Crippen molar-refractivity contribution in [1.82, 2.24) is 15.8 Å². The van der Waals surface area contributed by atoms with E-state index >= 15 is 0 Å². The summed E-state index contributed by atoms with van der Waals surface area (Å²) < 4.78 is 5.43. The SMILES string of the molecule is CN=C(NCc1cc(-c2ccccc2)on1)NC1CCC(SC)C1. The molecule has 6 heteroatoms. The maximum absolute atomic E-state index is 5.43. The summed E-state index contributed by atoms with van der Waals surface area (Å²) in [6.45, 7) is 0.592. The van der Waals surface area contributed by atoms with E-state index in [4.69, 9.17) is 4.52 Å². The number of hydrogen-bond acceptors (Lipinski definition) is 4. The third-order valence-corrected chi connectivity index (χ3v) is 5.43. The van der Waals surface area contributed by atoms with Gasteiger partial charge in [-0.3, -0.25) is 4.99 Å². The molecule has 1 aromatic carbocycles. The molecule has 0 bridgehead atoms. The minimum Gasteiger partial charge on any atom is -0.356 e. The van der Waals surface area contributed by atoms with Crippen LogP contribution in [0.3, 0.4) is 0 Å². The Bertz CT molecular complexity index is 671. The molecular formula is C18H24N4OS. The molecule has 2 atom stereocenters. The fraction of sp³-hybridized carbons (Fsp3) is 0.444. The van der Waals surface area contributed by atoms with Crippen molar-refractivity contribution < 1.29 is 4.52 Å². The van der Waals surface area contributed by atoms with E-state index in [9.17, 15) is 0 Å². The van der Waals surface area contributed by atoms with Gasteiger partial charge in [-0.1, -0.05) is 35.5 Å². The highest BCUT2D eigenvalue weighted by Crippen LogP contribution is 2.28. The van der Waals surface area contributed by atoms with Crippen molar-refractivity contribution >= 4 is 17.7 Å². The zero-order valence-corrected chi connectivity index (χ0v) is 15.0. The zero-order valence-electron chi connectivity index (χ0n) is 14.2. The summed E-state index contributed by atoms with van der Waals surface area (Å²) in [7, 11) is 1.80. The van der Waals surface area contributed by atoms with Crippen molar-refractivity contribution in [3.05, 3.63) is 42.1 Å². The van der Waals surface area contributed by atoms with E-state index in [1.165, 1.54) is 19.3 Å². The van der Waals surface area contributed by atoms with Crippen molar-refractivity contribution in [1.29, 1.82) is 0 Å². The van der Waals surface area contributed by atoms with E-state index in [0.29, 0.717) is 12.6 Å². The van der Waals surface area contributed by atoms with Crippen LogP contribution in [0.5, 0.6) is 0 Å². The molecule has 1 aliphatic carbocycles. The van der Waals surface area contributed by atoms with Crippen molar-refractivity contribution in [3.8, 4) is 11.3 Å². The molecular weight excluding hydrogens is 320 g/mol. The summed E-state index contributed by atoms with van der Waals surface area (Å²) >= 11 is 1.96. The van der Waals surface area contributed by atoms with Gasteiger partial charge in [-0.15, -0.1) is 0 Å². The molecule has 128 valence electrons. The maximum atomic E-state index is 5.43. The average Bonchev–Trinajstić information content (AvgIpc) is 3.28. The summed E-state index contributed by atoms with van der Waals surface area (Å²) in [4.78, 5) is 4.31. The lowest BCUT2D eigenvalue weighted by atomic mass is 10.2. The molecule has 1 heterocycles. The van der Waals surface area contributed by atoms with Gasteiger partial charge in [0.05, 0.1) is 6.54 Å². The van der Waals surface area contributed by atoms with Crippen LogP contribution in [0, 0.1) is 0 Å². The van der Waals surface area contributed by atoms with Gasteiger partial charge in [-0.25, -0.2) is 0 Å². The third-order valence-electron chi connectivity index (χ3n) is 4.34. The molecule has 0 saturated heterocycles. The second-order valence-electron chi connectivity index (χ2n) is 5.99. The molecule has 24 heavy (non-hydrogen) atoms. The van der Waals surface area contributed by atoms with Gasteiger partial charge in [0.25, 0.3) is 0 Å². The van der Waals surface area contributed by atoms with Crippen molar-refractivity contribution in [2.24, 2.45) is 4.99 Å². The lowest BCUT2D eigenvalue weighted by molar-refractivity contribution is 0.422. The van der Waals surface area contributed by atoms with E-state index in [1.54, 1.807) is 7.05 Å². The Kier molecular flexibility index (Phi) is 5.80. The van der Waals surface area contributed by atoms with Crippen molar-refractivity contribution in [2.45, 2.75) is 37.1 Å². The highest BCUT2D eigenvalue weighted by Gasteiger charge is 2.24. The Morgan fingerprint density at radius 3 is 2.88 bits per heavy atom. The van der Waals surface area contributed by atoms with E-state index in [2.05, 4.69) is 27.0 Å². The molecule has 1 aromatic heterocycles. The predicted molar refractivity (Wildman–Crippen MR) is 100 cm³/mol. The van der Waals surface area contributed by atoms with E-state index in [0.717, 1.165) is 28.2 Å². The molecule has 2 N–H and O–H groups in total. The molecule has 0 radical (unpaired) electrons. The first-order chi connectivity index (χ1) is 11.8. The third kappa shape index (κ3) is 4.32. The minimum atomic E-state index is 0.505. The van der Waals surface area contributed by atoms with Gasteiger partial charge >= 0.3 is 0 Å². The van der Waals surface area contributed by atoms with Gasteiger partial charge in [0, 0.05) is 30.0 Å². The Hall–Kier alpha value is -1.95. The highest BCUT2D eigenvalue weighted by atomic mass is 32.2. The monoisotopic (exact) mass is 344 g/mol. The fourth-order valence-corrected chi connectivity index (χ4v) is 3.78. The van der Waals surface area contributed by atoms with E-state index in [1.807, 2.05) is 48.2 Å². The molecule has 2 aromatic rings. The molecule has 0 amide bonds. The van der Waals surface area contributed by atoms with Gasteiger partial charge in [0.1, 0.15) is 5.69 Å². The van der Waals surface area contributed by atoms with Gasteiger partial charge in [0.15, 0.2) is 11.7 Å². The largest absolute Gasteiger partial charge is 0.356 e. The second kappa shape index (κ2) is 8.24. The number of nitrogens with one attached hydrogen (secondary N) is 2. The van der Waals surface area contributed by atoms with E-state index in [-0.39, 0.29) is 0 Å². The zero-order chi connectivity index (χ0) is 16.8. The van der Waals surface area contributed by atoms with Gasteiger partial charge < -0.3 is 15.2 Å². The molecule has 1 fully saturated rings. The summed E-state index contributed by atoms with van der Waals surface area (Å²) in [5.41, 5.74) is 1.90. The number of benzene rings is 1. The number of aromatic nitrogens is 1. The van der Waals surface area contributed by atoms with Crippen LogP contribution in [0.4, 0.5) is 0 Å². The Balaban J connectivity index is 1.52. The lowest BCUT2D eigenvalue weighted by Crippen LogP contribution is -2.42. The predicted octanol–water partition coefficient (Wildman–Crippen LogP) is 3.29. The molecule has 1 aliphatic rings. The van der Waals surface area contributed by atoms with Crippen LogP contribution in [0.25, 0.3) is 11.3 Å². The number of nitrogens with zero attached hydrogens (tertiary/aromatic N) is 2. The summed E-state index contributed by atoms with van der Waals surface area (Å²) in [5.74, 6) is 1.61. The van der Waals surface area contributed by atoms with Crippen LogP contribution in [-0.4, -0.2) is 35.7 Å². The minimum absolute atomic E-state index is 0.505. The van der Waals surface area contributed by atoms with Gasteiger partial charge in [-0.2, -0.15) is 11.8 Å². The second-order valence-corrected chi connectivity index (χ2v) is 7.12. The van der Waals surface area contributed by atoms with Crippen LogP contribution in [0.15, 0.2) is 45.9 Å². The van der Waals surface area contributed by atoms with Crippen molar-refractivity contribution in [2.75, 3.05) is 13.3 Å². The number of rotatable bonds is 5. The number of guanidine groups is 1. The van der Waals surface area contributed by atoms with Crippen LogP contribution >= 0.6 is 11.8 Å². The molecule has 3 rings (SSSR count). The first-order valence-corrected chi connectivity index (χ1v) is 9.58. The number of hydrogen-bond donors (Lipinski definition) is 2. The van der Waals surface area contributed by atoms with Crippen LogP contribution in [0.2, 0.25) is 0 Å². The quantitative estimate of drug-likeness (QED) is 0.644. The first-order valence-electron chi connectivity index (χ1n) is 8.29. The molecule has 0 aliphatic heterocycles. The molecule has 0 spiro atoms. The average molecular weight is 344 g/mol. The van der Waals surface area contributed by atoms with E-state index < -0.39 is 0 Å². The van der Waals surface area contributed by atoms with Crippen LogP contribution in [-0.2, 0) is 6.54 Å². The lowest BCUT2D eigenvalue weighted by Gasteiger charge is -2.16. The highest BCUT2D eigenvalue weighted by molar-refractivity contribution is 7.99. The van der Waals surface area contributed by atoms with Gasteiger partial charge in [-0.05, 0) is 25.5 Å². The summed E-state index contributed by atoms with van der Waals surface area (Å²) in [5, 5.41) is 11.7. The molecule has 5 nitrogen and oxygen atoms in total. The Labute approximate surface area is 147 Å². The van der Waals surface area contributed by atoms with Crippen molar-refractivity contribution in [3.63, 3.8) is 0 Å². The molecule has 2 unspecified atom stereocenters. The molecule has 1 saturated carbocycles. The standard InChI is InChI=1S/C18H24N4OS/c1-19-18(21-14-8-9-16(10-14)24-2)20-12-15-11-17(23-22-15)13-6-4-3-5-7-13/h3-7,11,14,16H,8-10,12H2,1-2H3,(H2,19,20,21). The van der Waals surface area contributed by atoms with Crippen LogP contribution in [0.1, 0.15) is 25.0 Å². The number of thioether (sulfide) groups is 1. The van der Waals surface area contributed by atoms with Gasteiger partial charge in [0.2, 0.25) is 0 Å². The Morgan fingerprint density at radius 2 is 2.17 bits per heavy atom. The van der Waals surface area contributed by atoms with Crippen LogP contribution < -0.4 is 10.6 Å². The Morgan fingerprint density at radius 1 is 1.33 bits per heavy atom. The normalized spacial score (nSPS) is 21.0.